The first-order chi connectivity index (χ1) is 9.72. The Morgan fingerprint density at radius 1 is 0.950 bits per heavy atom. The number of ether oxygens (including phenoxy) is 1. The molecular weight excluding hydrogens is 248 g/mol. The van der Waals surface area contributed by atoms with Crippen LogP contribution in [0.25, 0.3) is 12.2 Å². The number of benzene rings is 2. The number of carbonyl (C=O) groups is 1. The van der Waals surface area contributed by atoms with Gasteiger partial charge in [-0.2, -0.15) is 0 Å². The van der Waals surface area contributed by atoms with Crippen molar-refractivity contribution in [1.29, 1.82) is 0 Å². The summed E-state index contributed by atoms with van der Waals surface area (Å²) in [6.07, 6.45) is 4.96. The summed E-state index contributed by atoms with van der Waals surface area (Å²) in [7, 11) is 0. The standard InChI is InChI=1S/C10H10O2.C8H8/c1-9(11)12-8-7-10-5-3-2-4-6-10;1-2-8-6-4-3-5-7-8/h2-8H,1H3;2-7H,1H2. The lowest BCUT2D eigenvalue weighted by Crippen LogP contribution is -1.88. The molecule has 0 spiro atoms. The Morgan fingerprint density at radius 2 is 1.45 bits per heavy atom. The van der Waals surface area contributed by atoms with E-state index in [1.165, 1.54) is 18.7 Å². The van der Waals surface area contributed by atoms with E-state index >= 15 is 0 Å². The van der Waals surface area contributed by atoms with Gasteiger partial charge in [-0.05, 0) is 17.2 Å². The number of hydrogen-bond acceptors (Lipinski definition) is 2. The zero-order chi connectivity index (χ0) is 14.6. The van der Waals surface area contributed by atoms with Crippen molar-refractivity contribution in [3.63, 3.8) is 0 Å². The Morgan fingerprint density at radius 3 is 1.85 bits per heavy atom. The minimum Gasteiger partial charge on any atom is -0.435 e. The molecule has 0 unspecified atom stereocenters. The van der Waals surface area contributed by atoms with Crippen molar-refractivity contribution < 1.29 is 9.53 Å². The van der Waals surface area contributed by atoms with E-state index in [4.69, 9.17) is 0 Å². The van der Waals surface area contributed by atoms with Gasteiger partial charge in [0, 0.05) is 6.92 Å². The van der Waals surface area contributed by atoms with Crippen LogP contribution in [-0.4, -0.2) is 5.97 Å². The molecule has 0 heterocycles. The van der Waals surface area contributed by atoms with Crippen molar-refractivity contribution in [1.82, 2.24) is 0 Å². The second-order valence-electron chi connectivity index (χ2n) is 3.94. The smallest absolute Gasteiger partial charge is 0.307 e. The topological polar surface area (TPSA) is 26.3 Å². The summed E-state index contributed by atoms with van der Waals surface area (Å²) in [5.41, 5.74) is 2.19. The molecule has 0 aromatic heterocycles. The Labute approximate surface area is 120 Å². The van der Waals surface area contributed by atoms with Crippen molar-refractivity contribution >= 4 is 18.1 Å². The summed E-state index contributed by atoms with van der Waals surface area (Å²) in [5.74, 6) is -0.304. The Hall–Kier alpha value is -2.61. The lowest BCUT2D eigenvalue weighted by Gasteiger charge is -1.91. The Kier molecular flexibility index (Phi) is 7.21. The van der Waals surface area contributed by atoms with Crippen LogP contribution >= 0.6 is 0 Å². The van der Waals surface area contributed by atoms with E-state index in [-0.39, 0.29) is 5.97 Å². The highest BCUT2D eigenvalue weighted by molar-refractivity contribution is 5.67. The second kappa shape index (κ2) is 9.34. The van der Waals surface area contributed by atoms with E-state index < -0.39 is 0 Å². The third-order valence-electron chi connectivity index (χ3n) is 2.33. The lowest BCUT2D eigenvalue weighted by molar-refractivity contribution is -0.135. The fourth-order valence-corrected chi connectivity index (χ4v) is 1.36. The van der Waals surface area contributed by atoms with Gasteiger partial charge in [0.2, 0.25) is 0 Å². The number of carbonyl (C=O) groups excluding carboxylic acids is 1. The van der Waals surface area contributed by atoms with E-state index in [1.807, 2.05) is 66.7 Å². The van der Waals surface area contributed by atoms with Crippen molar-refractivity contribution in [3.05, 3.63) is 84.6 Å². The van der Waals surface area contributed by atoms with Gasteiger partial charge in [-0.1, -0.05) is 73.3 Å². The highest BCUT2D eigenvalue weighted by atomic mass is 16.5. The monoisotopic (exact) mass is 266 g/mol. The molecule has 0 radical (unpaired) electrons. The number of esters is 1. The maximum Gasteiger partial charge on any atom is 0.307 e. The fourth-order valence-electron chi connectivity index (χ4n) is 1.36. The molecule has 2 rings (SSSR count). The highest BCUT2D eigenvalue weighted by Crippen LogP contribution is 2.00. The van der Waals surface area contributed by atoms with Gasteiger partial charge in [-0.15, -0.1) is 0 Å². The highest BCUT2D eigenvalue weighted by Gasteiger charge is 1.85. The van der Waals surface area contributed by atoms with Crippen LogP contribution in [-0.2, 0) is 9.53 Å². The first-order valence-corrected chi connectivity index (χ1v) is 6.28. The summed E-state index contributed by atoms with van der Waals surface area (Å²) < 4.78 is 4.63. The first-order valence-electron chi connectivity index (χ1n) is 6.28. The molecule has 0 fully saturated rings. The average molecular weight is 266 g/mol. The molecule has 0 atom stereocenters. The van der Waals surface area contributed by atoms with Gasteiger partial charge in [0.1, 0.15) is 0 Å². The zero-order valence-corrected chi connectivity index (χ0v) is 11.5. The van der Waals surface area contributed by atoms with E-state index in [0.717, 1.165) is 5.56 Å². The molecule has 2 aromatic rings. The van der Waals surface area contributed by atoms with E-state index in [1.54, 1.807) is 6.08 Å². The van der Waals surface area contributed by atoms with Crippen molar-refractivity contribution in [3.8, 4) is 0 Å². The van der Waals surface area contributed by atoms with Gasteiger partial charge in [0.25, 0.3) is 0 Å². The van der Waals surface area contributed by atoms with E-state index in [9.17, 15) is 4.79 Å². The van der Waals surface area contributed by atoms with Crippen LogP contribution in [0.5, 0.6) is 0 Å². The van der Waals surface area contributed by atoms with Crippen LogP contribution in [0, 0.1) is 0 Å². The summed E-state index contributed by atoms with van der Waals surface area (Å²) >= 11 is 0. The van der Waals surface area contributed by atoms with E-state index in [2.05, 4.69) is 11.3 Å². The zero-order valence-electron chi connectivity index (χ0n) is 11.5. The molecule has 0 amide bonds. The number of hydrogen-bond donors (Lipinski definition) is 0. The van der Waals surface area contributed by atoms with Gasteiger partial charge >= 0.3 is 5.97 Å². The maximum absolute atomic E-state index is 10.4. The summed E-state index contributed by atoms with van der Waals surface area (Å²) in [5, 5.41) is 0. The van der Waals surface area contributed by atoms with E-state index in [0.29, 0.717) is 0 Å². The summed E-state index contributed by atoms with van der Waals surface area (Å²) in [4.78, 5) is 10.4. The molecule has 0 aliphatic rings. The molecule has 0 saturated heterocycles. The van der Waals surface area contributed by atoms with Crippen molar-refractivity contribution in [2.45, 2.75) is 6.92 Å². The average Bonchev–Trinajstić information content (AvgIpc) is 2.49. The van der Waals surface area contributed by atoms with Gasteiger partial charge in [0.05, 0.1) is 6.26 Å². The van der Waals surface area contributed by atoms with Crippen LogP contribution < -0.4 is 0 Å². The molecule has 0 saturated carbocycles. The van der Waals surface area contributed by atoms with Gasteiger partial charge in [0.15, 0.2) is 0 Å². The number of rotatable bonds is 3. The largest absolute Gasteiger partial charge is 0.435 e. The Balaban J connectivity index is 0.000000217. The molecule has 102 valence electrons. The Bertz CT molecular complexity index is 542. The fraction of sp³-hybridized carbons (Fsp3) is 0.0556. The molecule has 2 nitrogen and oxygen atoms in total. The third-order valence-corrected chi connectivity index (χ3v) is 2.33. The molecule has 0 bridgehead atoms. The third kappa shape index (κ3) is 6.97. The maximum atomic E-state index is 10.4. The predicted octanol–water partition coefficient (Wildman–Crippen LogP) is 4.55. The van der Waals surface area contributed by atoms with Crippen molar-refractivity contribution in [2.75, 3.05) is 0 Å². The van der Waals surface area contributed by atoms with Crippen LogP contribution in [0.4, 0.5) is 0 Å². The quantitative estimate of drug-likeness (QED) is 0.601. The van der Waals surface area contributed by atoms with Gasteiger partial charge < -0.3 is 4.74 Å². The van der Waals surface area contributed by atoms with Crippen LogP contribution in [0.2, 0.25) is 0 Å². The summed E-state index contributed by atoms with van der Waals surface area (Å²) in [6, 6.07) is 19.7. The molecule has 2 heteroatoms. The SMILES string of the molecule is C=Cc1ccccc1.CC(=O)OC=Cc1ccccc1. The van der Waals surface area contributed by atoms with Crippen molar-refractivity contribution in [2.24, 2.45) is 0 Å². The molecule has 2 aromatic carbocycles. The molecule has 0 N–H and O–H groups in total. The molecule has 0 aliphatic carbocycles. The first kappa shape index (κ1) is 15.4. The second-order valence-corrected chi connectivity index (χ2v) is 3.94. The molecule has 0 aliphatic heterocycles. The van der Waals surface area contributed by atoms with Crippen LogP contribution in [0.3, 0.4) is 0 Å². The normalized spacial score (nSPS) is 9.45. The van der Waals surface area contributed by atoms with Gasteiger partial charge in [-0.25, -0.2) is 0 Å². The van der Waals surface area contributed by atoms with Gasteiger partial charge in [-0.3, -0.25) is 4.79 Å². The molecular formula is C18H18O2. The van der Waals surface area contributed by atoms with Crippen LogP contribution in [0.15, 0.2) is 73.5 Å². The predicted molar refractivity (Wildman–Crippen MR) is 83.8 cm³/mol. The molecule has 20 heavy (non-hydrogen) atoms. The minimum absolute atomic E-state index is 0.304. The minimum atomic E-state index is -0.304. The van der Waals surface area contributed by atoms with Crippen LogP contribution in [0.1, 0.15) is 18.1 Å². The lowest BCUT2D eigenvalue weighted by atomic mass is 10.2. The summed E-state index contributed by atoms with van der Waals surface area (Å²) in [6.45, 7) is 5.00.